The van der Waals surface area contributed by atoms with Gasteiger partial charge in [0.1, 0.15) is 5.75 Å². The zero-order valence-corrected chi connectivity index (χ0v) is 14.4. The summed E-state index contributed by atoms with van der Waals surface area (Å²) in [5.74, 6) is 0.773. The van der Waals surface area contributed by atoms with Crippen molar-refractivity contribution in [1.82, 2.24) is 4.90 Å². The Labute approximate surface area is 130 Å². The van der Waals surface area contributed by atoms with Gasteiger partial charge in [-0.3, -0.25) is 4.79 Å². The van der Waals surface area contributed by atoms with Crippen LogP contribution >= 0.6 is 15.9 Å². The van der Waals surface area contributed by atoms with Crippen LogP contribution in [0, 0.1) is 0 Å². The van der Waals surface area contributed by atoms with Crippen LogP contribution in [0.2, 0.25) is 0 Å². The van der Waals surface area contributed by atoms with Gasteiger partial charge < -0.3 is 9.64 Å². The minimum atomic E-state index is 0.0681. The molecule has 0 saturated carbocycles. The lowest BCUT2D eigenvalue weighted by Crippen LogP contribution is -2.39. The van der Waals surface area contributed by atoms with E-state index in [0.717, 1.165) is 30.3 Å². The van der Waals surface area contributed by atoms with Crippen molar-refractivity contribution < 1.29 is 9.53 Å². The van der Waals surface area contributed by atoms with Crippen LogP contribution in [0.3, 0.4) is 0 Å². The van der Waals surface area contributed by atoms with Gasteiger partial charge in [-0.2, -0.15) is 0 Å². The van der Waals surface area contributed by atoms with E-state index in [2.05, 4.69) is 36.7 Å². The molecule has 0 aliphatic carbocycles. The second kappa shape index (κ2) is 8.30. The molecule has 1 atom stereocenters. The molecule has 0 saturated heterocycles. The largest absolute Gasteiger partial charge is 0.497 e. The number of unbranched alkanes of at least 4 members (excludes halogenated alkanes) is 1. The van der Waals surface area contributed by atoms with Crippen molar-refractivity contribution >= 4 is 21.8 Å². The van der Waals surface area contributed by atoms with Gasteiger partial charge in [0.15, 0.2) is 0 Å². The van der Waals surface area contributed by atoms with Crippen molar-refractivity contribution in [2.24, 2.45) is 0 Å². The number of methoxy groups -OCH3 is 1. The standard InChI is InChI=1S/C16H24BrNO2/c1-5-7-10-18(12(3)6-2)16(19)14-11-13(20-4)8-9-15(14)17/h8-9,11-12H,5-7,10H2,1-4H3. The van der Waals surface area contributed by atoms with Gasteiger partial charge in [0.05, 0.1) is 12.7 Å². The molecule has 0 aromatic heterocycles. The number of carbonyl (C=O) groups is 1. The molecule has 20 heavy (non-hydrogen) atoms. The molecule has 1 aromatic rings. The number of hydrogen-bond acceptors (Lipinski definition) is 2. The Kier molecular flexibility index (Phi) is 7.06. The summed E-state index contributed by atoms with van der Waals surface area (Å²) in [7, 11) is 1.61. The number of halogens is 1. The Hall–Kier alpha value is -1.03. The summed E-state index contributed by atoms with van der Waals surface area (Å²) in [5, 5.41) is 0. The smallest absolute Gasteiger partial charge is 0.255 e. The number of amides is 1. The van der Waals surface area contributed by atoms with Gasteiger partial charge in [0, 0.05) is 17.1 Å². The van der Waals surface area contributed by atoms with E-state index in [0.29, 0.717) is 11.3 Å². The zero-order chi connectivity index (χ0) is 15.1. The van der Waals surface area contributed by atoms with Gasteiger partial charge in [0.25, 0.3) is 5.91 Å². The molecule has 4 heteroatoms. The second-order valence-corrected chi connectivity index (χ2v) is 5.81. The van der Waals surface area contributed by atoms with Crippen molar-refractivity contribution in [3.05, 3.63) is 28.2 Å². The highest BCUT2D eigenvalue weighted by atomic mass is 79.9. The fourth-order valence-electron chi connectivity index (χ4n) is 2.02. The predicted molar refractivity (Wildman–Crippen MR) is 86.4 cm³/mol. The molecule has 1 rings (SSSR count). The Morgan fingerprint density at radius 2 is 2.10 bits per heavy atom. The average molecular weight is 342 g/mol. The molecule has 0 bridgehead atoms. The second-order valence-electron chi connectivity index (χ2n) is 4.96. The fraction of sp³-hybridized carbons (Fsp3) is 0.562. The predicted octanol–water partition coefficient (Wildman–Crippen LogP) is 4.50. The van der Waals surface area contributed by atoms with E-state index < -0.39 is 0 Å². The highest BCUT2D eigenvalue weighted by molar-refractivity contribution is 9.10. The summed E-state index contributed by atoms with van der Waals surface area (Å²) >= 11 is 3.46. The van der Waals surface area contributed by atoms with Gasteiger partial charge in [-0.05, 0) is 53.9 Å². The topological polar surface area (TPSA) is 29.5 Å². The number of ether oxygens (including phenoxy) is 1. The summed E-state index contributed by atoms with van der Waals surface area (Å²) in [4.78, 5) is 14.7. The van der Waals surface area contributed by atoms with Crippen LogP contribution < -0.4 is 4.74 Å². The number of benzene rings is 1. The monoisotopic (exact) mass is 341 g/mol. The first-order valence-electron chi connectivity index (χ1n) is 7.19. The Morgan fingerprint density at radius 3 is 2.65 bits per heavy atom. The first-order chi connectivity index (χ1) is 9.54. The lowest BCUT2D eigenvalue weighted by Gasteiger charge is -2.29. The van der Waals surface area contributed by atoms with E-state index in [-0.39, 0.29) is 11.9 Å². The molecule has 1 amide bonds. The molecule has 112 valence electrons. The average Bonchev–Trinajstić information content (AvgIpc) is 2.47. The molecule has 1 unspecified atom stereocenters. The molecule has 3 nitrogen and oxygen atoms in total. The third-order valence-corrected chi connectivity index (χ3v) is 4.23. The summed E-state index contributed by atoms with van der Waals surface area (Å²) in [6.07, 6.45) is 3.06. The van der Waals surface area contributed by atoms with E-state index in [4.69, 9.17) is 4.74 Å². The van der Waals surface area contributed by atoms with Crippen LogP contribution in [0.25, 0.3) is 0 Å². The molecular weight excluding hydrogens is 318 g/mol. The maximum absolute atomic E-state index is 12.8. The maximum Gasteiger partial charge on any atom is 0.255 e. The molecule has 1 aromatic carbocycles. The number of hydrogen-bond donors (Lipinski definition) is 0. The number of carbonyl (C=O) groups excluding carboxylic acids is 1. The van der Waals surface area contributed by atoms with Crippen molar-refractivity contribution in [2.45, 2.75) is 46.1 Å². The molecular formula is C16H24BrNO2. The van der Waals surface area contributed by atoms with Gasteiger partial charge in [-0.25, -0.2) is 0 Å². The van der Waals surface area contributed by atoms with E-state index in [1.807, 2.05) is 17.0 Å². The fourth-order valence-corrected chi connectivity index (χ4v) is 2.44. The zero-order valence-electron chi connectivity index (χ0n) is 12.8. The summed E-state index contributed by atoms with van der Waals surface area (Å²) in [6, 6.07) is 5.75. The minimum Gasteiger partial charge on any atom is -0.497 e. The maximum atomic E-state index is 12.8. The van der Waals surface area contributed by atoms with Crippen molar-refractivity contribution in [3.8, 4) is 5.75 Å². The lowest BCUT2D eigenvalue weighted by molar-refractivity contribution is 0.0684. The van der Waals surface area contributed by atoms with Crippen molar-refractivity contribution in [1.29, 1.82) is 0 Å². The van der Waals surface area contributed by atoms with Gasteiger partial charge in [-0.15, -0.1) is 0 Å². The SMILES string of the molecule is CCCCN(C(=O)c1cc(OC)ccc1Br)C(C)CC. The van der Waals surface area contributed by atoms with E-state index in [1.165, 1.54) is 0 Å². The summed E-state index contributed by atoms with van der Waals surface area (Å²) in [5.41, 5.74) is 0.667. The van der Waals surface area contributed by atoms with Crippen LogP contribution in [0.15, 0.2) is 22.7 Å². The Balaban J connectivity index is 3.04. The molecule has 0 fully saturated rings. The first kappa shape index (κ1) is 17.0. The van der Waals surface area contributed by atoms with Gasteiger partial charge in [-0.1, -0.05) is 20.3 Å². The highest BCUT2D eigenvalue weighted by Gasteiger charge is 2.22. The van der Waals surface area contributed by atoms with Crippen LogP contribution in [0.4, 0.5) is 0 Å². The summed E-state index contributed by atoms with van der Waals surface area (Å²) < 4.78 is 6.03. The van der Waals surface area contributed by atoms with Crippen molar-refractivity contribution in [2.75, 3.05) is 13.7 Å². The molecule has 0 aliphatic heterocycles. The van der Waals surface area contributed by atoms with E-state index >= 15 is 0 Å². The van der Waals surface area contributed by atoms with Crippen LogP contribution in [0.5, 0.6) is 5.75 Å². The third kappa shape index (κ3) is 4.23. The van der Waals surface area contributed by atoms with Crippen LogP contribution in [0.1, 0.15) is 50.4 Å². The first-order valence-corrected chi connectivity index (χ1v) is 7.98. The molecule has 0 heterocycles. The molecule has 0 radical (unpaired) electrons. The van der Waals surface area contributed by atoms with Gasteiger partial charge in [0.2, 0.25) is 0 Å². The van der Waals surface area contributed by atoms with Crippen LogP contribution in [-0.2, 0) is 0 Å². The number of rotatable bonds is 7. The third-order valence-electron chi connectivity index (χ3n) is 3.54. The quantitative estimate of drug-likeness (QED) is 0.730. The molecule has 0 spiro atoms. The lowest BCUT2D eigenvalue weighted by atomic mass is 10.1. The van der Waals surface area contributed by atoms with Gasteiger partial charge >= 0.3 is 0 Å². The van der Waals surface area contributed by atoms with E-state index in [9.17, 15) is 4.79 Å². The summed E-state index contributed by atoms with van der Waals surface area (Å²) in [6.45, 7) is 7.15. The normalized spacial score (nSPS) is 12.1. The van der Waals surface area contributed by atoms with E-state index in [1.54, 1.807) is 13.2 Å². The molecule has 0 aliphatic rings. The van der Waals surface area contributed by atoms with Crippen LogP contribution in [-0.4, -0.2) is 30.5 Å². The van der Waals surface area contributed by atoms with Crippen molar-refractivity contribution in [3.63, 3.8) is 0 Å². The Morgan fingerprint density at radius 1 is 1.40 bits per heavy atom. The number of nitrogens with zero attached hydrogens (tertiary/aromatic N) is 1. The highest BCUT2D eigenvalue weighted by Crippen LogP contribution is 2.25. The minimum absolute atomic E-state index is 0.0681. The molecule has 0 N–H and O–H groups in total. The Bertz CT molecular complexity index is 448.